The van der Waals surface area contributed by atoms with Gasteiger partial charge in [-0.15, -0.1) is 0 Å². The van der Waals surface area contributed by atoms with Crippen LogP contribution < -0.4 is 9.72 Å². The molecule has 0 radical (unpaired) electrons. The van der Waals surface area contributed by atoms with E-state index in [1.54, 1.807) is 24.5 Å². The second-order valence-corrected chi connectivity index (χ2v) is 8.27. The highest BCUT2D eigenvalue weighted by Gasteiger charge is 2.32. The van der Waals surface area contributed by atoms with Crippen molar-refractivity contribution in [1.82, 2.24) is 4.98 Å². The van der Waals surface area contributed by atoms with Crippen molar-refractivity contribution in [2.75, 3.05) is 7.11 Å². The van der Waals surface area contributed by atoms with Crippen LogP contribution in [0.5, 0.6) is 23.0 Å². The largest absolute Gasteiger partial charge is 0.670 e. The number of aromatic nitrogens is 1. The summed E-state index contributed by atoms with van der Waals surface area (Å²) >= 11 is 0. The average molecular weight is 439 g/mol. The summed E-state index contributed by atoms with van der Waals surface area (Å²) in [4.78, 5) is 4.10. The van der Waals surface area contributed by atoms with E-state index in [4.69, 9.17) is 9.47 Å². The maximum Gasteiger partial charge on any atom is 0.200 e. The number of phenolic OH excluding ortho intramolecular Hbond substituents is 3. The summed E-state index contributed by atoms with van der Waals surface area (Å²) in [5.74, 6) is -0.172. The Labute approximate surface area is 186 Å². The Hall–Kier alpha value is -3.16. The smallest absolute Gasteiger partial charge is 0.200 e. The van der Waals surface area contributed by atoms with E-state index in [1.165, 1.54) is 13.2 Å². The van der Waals surface area contributed by atoms with E-state index in [0.29, 0.717) is 36.8 Å². The first-order valence-electron chi connectivity index (χ1n) is 10.7. The van der Waals surface area contributed by atoms with Gasteiger partial charge in [0.05, 0.1) is 25.4 Å². The SMILES string of the molecule is COc1c(O)c(O)cc([C@@H]2C[C@H](O)C[C@H](CCc3ccc(O)cc3)O2)c1Cc1cc[n-]c1. The van der Waals surface area contributed by atoms with Crippen LogP contribution in [0.3, 0.4) is 0 Å². The minimum atomic E-state index is -0.547. The molecule has 0 spiro atoms. The number of aromatic hydroxyl groups is 3. The molecule has 2 heterocycles. The monoisotopic (exact) mass is 438 g/mol. The first kappa shape index (κ1) is 22.0. The number of methoxy groups -OCH3 is 1. The van der Waals surface area contributed by atoms with E-state index in [2.05, 4.69) is 4.98 Å². The second kappa shape index (κ2) is 9.54. The molecule has 7 nitrogen and oxygen atoms in total. The zero-order valence-corrected chi connectivity index (χ0v) is 17.9. The molecule has 1 aliphatic rings. The first-order chi connectivity index (χ1) is 15.4. The fourth-order valence-corrected chi connectivity index (χ4v) is 4.38. The molecule has 4 rings (SSSR count). The van der Waals surface area contributed by atoms with Crippen LogP contribution >= 0.6 is 0 Å². The van der Waals surface area contributed by atoms with E-state index in [0.717, 1.165) is 17.5 Å². The van der Waals surface area contributed by atoms with Gasteiger partial charge in [0.2, 0.25) is 5.75 Å². The molecule has 1 saturated heterocycles. The second-order valence-electron chi connectivity index (χ2n) is 8.27. The molecular formula is C25H28NO6-. The minimum absolute atomic E-state index is 0.173. The van der Waals surface area contributed by atoms with Crippen molar-refractivity contribution in [2.24, 2.45) is 0 Å². The number of rotatable bonds is 7. The van der Waals surface area contributed by atoms with E-state index < -0.39 is 12.2 Å². The third-order valence-corrected chi connectivity index (χ3v) is 5.99. The normalized spacial score (nSPS) is 20.9. The molecule has 0 saturated carbocycles. The van der Waals surface area contributed by atoms with E-state index >= 15 is 0 Å². The Morgan fingerprint density at radius 2 is 1.84 bits per heavy atom. The van der Waals surface area contributed by atoms with Gasteiger partial charge in [0.25, 0.3) is 0 Å². The number of phenols is 3. The van der Waals surface area contributed by atoms with Gasteiger partial charge in [-0.25, -0.2) is 0 Å². The van der Waals surface area contributed by atoms with Crippen LogP contribution in [0.25, 0.3) is 0 Å². The molecule has 1 aromatic heterocycles. The van der Waals surface area contributed by atoms with Crippen LogP contribution in [0.2, 0.25) is 0 Å². The van der Waals surface area contributed by atoms with Crippen LogP contribution in [0.1, 0.15) is 47.6 Å². The quantitative estimate of drug-likeness (QED) is 0.417. The van der Waals surface area contributed by atoms with Gasteiger partial charge in [0, 0.05) is 12.0 Å². The van der Waals surface area contributed by atoms with Gasteiger partial charge >= 0.3 is 0 Å². The van der Waals surface area contributed by atoms with E-state index in [-0.39, 0.29) is 29.1 Å². The van der Waals surface area contributed by atoms with Crippen LogP contribution in [-0.2, 0) is 17.6 Å². The minimum Gasteiger partial charge on any atom is -0.670 e. The molecule has 1 aliphatic heterocycles. The first-order valence-corrected chi connectivity index (χ1v) is 10.7. The van der Waals surface area contributed by atoms with Crippen molar-refractivity contribution in [3.63, 3.8) is 0 Å². The summed E-state index contributed by atoms with van der Waals surface area (Å²) in [6, 6.07) is 10.4. The number of aryl methyl sites for hydroxylation is 1. The standard InChI is InChI=1S/C25H28NO6/c1-31-25-21(10-16-8-9-26-14-16)20(13-22(29)24(25)30)23-12-18(28)11-19(32-23)7-4-15-2-5-17(27)6-3-15/h2-3,5-6,8-9,13-14,18-19,23,27-30H,4,7,10-12H2,1H3/q-1/t18-,19+,23+/m1/s1. The maximum atomic E-state index is 10.6. The Balaban J connectivity index is 1.59. The van der Waals surface area contributed by atoms with E-state index in [1.807, 2.05) is 18.2 Å². The Bertz CT molecular complexity index is 1030. The molecule has 170 valence electrons. The predicted molar refractivity (Wildman–Crippen MR) is 118 cm³/mol. The van der Waals surface area contributed by atoms with Crippen LogP contribution in [0.15, 0.2) is 48.8 Å². The lowest BCUT2D eigenvalue weighted by Crippen LogP contribution is -2.32. The molecule has 2 aromatic carbocycles. The maximum absolute atomic E-state index is 10.6. The molecule has 0 bridgehead atoms. The molecule has 0 aliphatic carbocycles. The fourth-order valence-electron chi connectivity index (χ4n) is 4.38. The summed E-state index contributed by atoms with van der Waals surface area (Å²) < 4.78 is 11.8. The molecule has 7 heteroatoms. The number of hydrogen-bond donors (Lipinski definition) is 4. The molecule has 32 heavy (non-hydrogen) atoms. The molecule has 0 amide bonds. The zero-order valence-electron chi connectivity index (χ0n) is 17.9. The Morgan fingerprint density at radius 3 is 2.53 bits per heavy atom. The van der Waals surface area contributed by atoms with Crippen molar-refractivity contribution < 1.29 is 29.9 Å². The summed E-state index contributed by atoms with van der Waals surface area (Å²) in [6.07, 6.45) is 5.07. The third kappa shape index (κ3) is 4.84. The van der Waals surface area contributed by atoms with Crippen LogP contribution in [0.4, 0.5) is 0 Å². The van der Waals surface area contributed by atoms with Crippen molar-refractivity contribution in [3.8, 4) is 23.0 Å². The van der Waals surface area contributed by atoms with Crippen molar-refractivity contribution in [3.05, 3.63) is 71.0 Å². The summed E-state index contributed by atoms with van der Waals surface area (Å²) in [5.41, 5.74) is 3.41. The summed E-state index contributed by atoms with van der Waals surface area (Å²) in [6.45, 7) is 0. The van der Waals surface area contributed by atoms with Gasteiger partial charge in [-0.05, 0) is 55.0 Å². The highest BCUT2D eigenvalue weighted by atomic mass is 16.5. The van der Waals surface area contributed by atoms with Gasteiger partial charge in [0.1, 0.15) is 5.75 Å². The molecule has 3 aromatic rings. The van der Waals surface area contributed by atoms with Gasteiger partial charge in [-0.1, -0.05) is 23.8 Å². The Morgan fingerprint density at radius 1 is 1.06 bits per heavy atom. The summed E-state index contributed by atoms with van der Waals surface area (Å²) in [5, 5.41) is 40.7. The number of aliphatic hydroxyl groups excluding tert-OH is 1. The fraction of sp³-hybridized carbons (Fsp3) is 0.360. The lowest BCUT2D eigenvalue weighted by atomic mass is 9.89. The zero-order chi connectivity index (χ0) is 22.7. The van der Waals surface area contributed by atoms with Gasteiger partial charge in [-0.3, -0.25) is 0 Å². The van der Waals surface area contributed by atoms with Crippen LogP contribution in [0, 0.1) is 0 Å². The number of aliphatic hydroxyl groups is 1. The van der Waals surface area contributed by atoms with Crippen molar-refractivity contribution in [1.29, 1.82) is 0 Å². The number of nitrogens with zero attached hydrogens (tertiary/aromatic N) is 1. The molecule has 0 unspecified atom stereocenters. The molecular weight excluding hydrogens is 410 g/mol. The van der Waals surface area contributed by atoms with Crippen LogP contribution in [-0.4, -0.2) is 39.7 Å². The average Bonchev–Trinajstić information content (AvgIpc) is 3.29. The summed E-state index contributed by atoms with van der Waals surface area (Å²) in [7, 11) is 1.45. The topological polar surface area (TPSA) is 113 Å². The van der Waals surface area contributed by atoms with Gasteiger partial charge in [0.15, 0.2) is 11.5 Å². The third-order valence-electron chi connectivity index (χ3n) is 5.99. The van der Waals surface area contributed by atoms with Gasteiger partial charge in [-0.2, -0.15) is 12.4 Å². The number of hydrogen-bond acceptors (Lipinski definition) is 6. The molecule has 1 fully saturated rings. The number of benzene rings is 2. The molecule has 4 N–H and O–H groups in total. The molecule has 3 atom stereocenters. The Kier molecular flexibility index (Phi) is 6.58. The van der Waals surface area contributed by atoms with Gasteiger partial charge < -0.3 is 34.9 Å². The van der Waals surface area contributed by atoms with Crippen molar-refractivity contribution in [2.45, 2.75) is 50.4 Å². The van der Waals surface area contributed by atoms with E-state index in [9.17, 15) is 20.4 Å². The lowest BCUT2D eigenvalue weighted by Gasteiger charge is -2.35. The highest BCUT2D eigenvalue weighted by molar-refractivity contribution is 5.59. The highest BCUT2D eigenvalue weighted by Crippen LogP contribution is 2.46. The van der Waals surface area contributed by atoms with Crippen molar-refractivity contribution >= 4 is 0 Å². The lowest BCUT2D eigenvalue weighted by molar-refractivity contribution is -0.100. The number of ether oxygens (including phenoxy) is 2. The predicted octanol–water partition coefficient (Wildman–Crippen LogP) is 3.57.